The van der Waals surface area contributed by atoms with Gasteiger partial charge in [-0.25, -0.2) is 9.97 Å². The monoisotopic (exact) mass is 297 g/mol. The third-order valence-electron chi connectivity index (χ3n) is 3.58. The summed E-state index contributed by atoms with van der Waals surface area (Å²) < 4.78 is 5.68. The van der Waals surface area contributed by atoms with Gasteiger partial charge < -0.3 is 9.64 Å². The van der Waals surface area contributed by atoms with E-state index >= 15 is 0 Å². The summed E-state index contributed by atoms with van der Waals surface area (Å²) in [5.41, 5.74) is 0.931. The lowest BCUT2D eigenvalue weighted by molar-refractivity contribution is 0.130. The first kappa shape index (κ1) is 15.5. The molecule has 1 aromatic rings. The molecule has 0 bridgehead atoms. The van der Waals surface area contributed by atoms with Gasteiger partial charge in [0.25, 0.3) is 0 Å². The Kier molecular flexibility index (Phi) is 5.22. The maximum Gasteiger partial charge on any atom is 0.137 e. The Labute approximate surface area is 126 Å². The van der Waals surface area contributed by atoms with Gasteiger partial charge in [-0.15, -0.1) is 0 Å². The van der Waals surface area contributed by atoms with Gasteiger partial charge in [0.1, 0.15) is 16.8 Å². The maximum absolute atomic E-state index is 6.21. The van der Waals surface area contributed by atoms with Crippen molar-refractivity contribution in [3.63, 3.8) is 0 Å². The predicted octanol–water partition coefficient (Wildman–Crippen LogP) is 3.42. The van der Waals surface area contributed by atoms with Crippen LogP contribution in [-0.2, 0) is 4.74 Å². The van der Waals surface area contributed by atoms with E-state index in [1.165, 1.54) is 12.8 Å². The zero-order valence-corrected chi connectivity index (χ0v) is 13.6. The highest BCUT2D eigenvalue weighted by atomic mass is 35.5. The normalized spacial score (nSPS) is 14.9. The third-order valence-corrected chi connectivity index (χ3v) is 3.95. The van der Waals surface area contributed by atoms with Crippen LogP contribution in [0.3, 0.4) is 0 Å². The van der Waals surface area contributed by atoms with E-state index in [2.05, 4.69) is 28.7 Å². The average molecular weight is 298 g/mol. The fourth-order valence-corrected chi connectivity index (χ4v) is 2.14. The summed E-state index contributed by atoms with van der Waals surface area (Å²) in [7, 11) is 2.02. The highest BCUT2D eigenvalue weighted by Gasteiger charge is 2.21. The topological polar surface area (TPSA) is 38.2 Å². The van der Waals surface area contributed by atoms with Gasteiger partial charge in [0.05, 0.1) is 6.61 Å². The molecule has 4 nitrogen and oxygen atoms in total. The second kappa shape index (κ2) is 6.72. The molecule has 2 rings (SSSR count). The molecule has 20 heavy (non-hydrogen) atoms. The molecule has 0 aliphatic heterocycles. The highest BCUT2D eigenvalue weighted by Crippen LogP contribution is 2.29. The molecular formula is C15H24ClN3O. The predicted molar refractivity (Wildman–Crippen MR) is 82.7 cm³/mol. The number of rotatable bonds is 7. The summed E-state index contributed by atoms with van der Waals surface area (Å²) in [4.78, 5) is 11.1. The molecular weight excluding hydrogens is 274 g/mol. The first-order valence-electron chi connectivity index (χ1n) is 7.32. The molecule has 0 saturated heterocycles. The van der Waals surface area contributed by atoms with E-state index < -0.39 is 0 Å². The van der Waals surface area contributed by atoms with Crippen molar-refractivity contribution in [3.05, 3.63) is 16.5 Å². The summed E-state index contributed by atoms with van der Waals surface area (Å²) in [6, 6.07) is 0. The lowest BCUT2D eigenvalue weighted by atomic mass is 10.2. The first-order valence-corrected chi connectivity index (χ1v) is 7.69. The van der Waals surface area contributed by atoms with Crippen molar-refractivity contribution in [2.24, 2.45) is 5.92 Å². The van der Waals surface area contributed by atoms with Crippen LogP contribution in [0.15, 0.2) is 0 Å². The fourth-order valence-electron chi connectivity index (χ4n) is 1.97. The molecule has 1 saturated carbocycles. The molecule has 1 aromatic heterocycles. The summed E-state index contributed by atoms with van der Waals surface area (Å²) in [6.45, 7) is 8.55. The molecule has 1 fully saturated rings. The van der Waals surface area contributed by atoms with Gasteiger partial charge in [0.2, 0.25) is 0 Å². The molecule has 0 radical (unpaired) electrons. The van der Waals surface area contributed by atoms with Crippen LogP contribution in [0.5, 0.6) is 0 Å². The zero-order chi connectivity index (χ0) is 14.7. The Morgan fingerprint density at radius 2 is 2.05 bits per heavy atom. The second-order valence-electron chi connectivity index (χ2n) is 5.92. The maximum atomic E-state index is 6.21. The summed E-state index contributed by atoms with van der Waals surface area (Å²) in [6.07, 6.45) is 2.66. The number of hydrogen-bond acceptors (Lipinski definition) is 4. The van der Waals surface area contributed by atoms with E-state index in [0.717, 1.165) is 42.9 Å². The molecule has 0 spiro atoms. The van der Waals surface area contributed by atoms with Gasteiger partial charge in [-0.2, -0.15) is 0 Å². The molecule has 0 aromatic carbocycles. The molecule has 1 heterocycles. The summed E-state index contributed by atoms with van der Waals surface area (Å²) in [5.74, 6) is 2.78. The Balaban J connectivity index is 1.97. The van der Waals surface area contributed by atoms with Crippen molar-refractivity contribution in [3.8, 4) is 0 Å². The van der Waals surface area contributed by atoms with Gasteiger partial charge in [-0.3, -0.25) is 0 Å². The minimum atomic E-state index is 0.270. The molecule has 112 valence electrons. The van der Waals surface area contributed by atoms with Crippen LogP contribution in [-0.4, -0.2) is 36.8 Å². The zero-order valence-electron chi connectivity index (χ0n) is 12.8. The number of halogens is 1. The third kappa shape index (κ3) is 4.06. The van der Waals surface area contributed by atoms with Gasteiger partial charge in [0, 0.05) is 31.7 Å². The largest absolute Gasteiger partial charge is 0.379 e. The van der Waals surface area contributed by atoms with Gasteiger partial charge in [0.15, 0.2) is 0 Å². The number of hydrogen-bond donors (Lipinski definition) is 0. The van der Waals surface area contributed by atoms with Crippen LogP contribution in [0.25, 0.3) is 0 Å². The Bertz CT molecular complexity index is 461. The SMILES string of the molecule is Cc1c(Cl)nc(C(C)C)nc1N(C)CCOCC1CC1. The lowest BCUT2D eigenvalue weighted by Crippen LogP contribution is -2.25. The van der Waals surface area contributed by atoms with Gasteiger partial charge in [-0.1, -0.05) is 25.4 Å². The molecule has 1 aliphatic carbocycles. The lowest BCUT2D eigenvalue weighted by Gasteiger charge is -2.21. The minimum absolute atomic E-state index is 0.270. The van der Waals surface area contributed by atoms with Crippen LogP contribution < -0.4 is 4.90 Å². The molecule has 0 N–H and O–H groups in total. The minimum Gasteiger partial charge on any atom is -0.379 e. The first-order chi connectivity index (χ1) is 9.49. The van der Waals surface area contributed by atoms with Crippen molar-refractivity contribution in [1.82, 2.24) is 9.97 Å². The van der Waals surface area contributed by atoms with Crippen molar-refractivity contribution in [2.75, 3.05) is 31.7 Å². The van der Waals surface area contributed by atoms with Crippen LogP contribution in [0, 0.1) is 12.8 Å². The average Bonchev–Trinajstić information content (AvgIpc) is 3.21. The molecule has 0 atom stereocenters. The Morgan fingerprint density at radius 1 is 1.35 bits per heavy atom. The van der Waals surface area contributed by atoms with E-state index in [9.17, 15) is 0 Å². The molecule has 5 heteroatoms. The highest BCUT2D eigenvalue weighted by molar-refractivity contribution is 6.30. The number of aromatic nitrogens is 2. The van der Waals surface area contributed by atoms with Crippen molar-refractivity contribution in [2.45, 2.75) is 39.5 Å². The van der Waals surface area contributed by atoms with E-state index in [0.29, 0.717) is 5.15 Å². The number of ether oxygens (including phenoxy) is 1. The van der Waals surface area contributed by atoms with E-state index in [1.807, 2.05) is 14.0 Å². The quantitative estimate of drug-likeness (QED) is 0.571. The molecule has 1 aliphatic rings. The van der Waals surface area contributed by atoms with Crippen molar-refractivity contribution < 1.29 is 4.74 Å². The number of nitrogens with zero attached hydrogens (tertiary/aromatic N) is 3. The fraction of sp³-hybridized carbons (Fsp3) is 0.733. The van der Waals surface area contributed by atoms with Gasteiger partial charge >= 0.3 is 0 Å². The van der Waals surface area contributed by atoms with E-state index in [4.69, 9.17) is 16.3 Å². The summed E-state index contributed by atoms with van der Waals surface area (Å²) >= 11 is 6.21. The number of anilines is 1. The van der Waals surface area contributed by atoms with Crippen LogP contribution >= 0.6 is 11.6 Å². The van der Waals surface area contributed by atoms with Crippen LogP contribution in [0.1, 0.15) is 44.0 Å². The second-order valence-corrected chi connectivity index (χ2v) is 6.27. The van der Waals surface area contributed by atoms with Crippen molar-refractivity contribution in [1.29, 1.82) is 0 Å². The van der Waals surface area contributed by atoms with Gasteiger partial charge in [-0.05, 0) is 25.7 Å². The number of likely N-dealkylation sites (N-methyl/N-ethyl adjacent to an activating group) is 1. The Morgan fingerprint density at radius 3 is 2.65 bits per heavy atom. The van der Waals surface area contributed by atoms with Crippen molar-refractivity contribution >= 4 is 17.4 Å². The molecule has 0 unspecified atom stereocenters. The smallest absolute Gasteiger partial charge is 0.137 e. The summed E-state index contributed by atoms with van der Waals surface area (Å²) in [5, 5.41) is 0.546. The Hall–Kier alpha value is -0.870. The van der Waals surface area contributed by atoms with E-state index in [1.54, 1.807) is 0 Å². The van der Waals surface area contributed by atoms with Crippen LogP contribution in [0.2, 0.25) is 5.15 Å². The van der Waals surface area contributed by atoms with E-state index in [-0.39, 0.29) is 5.92 Å². The molecule has 0 amide bonds. The van der Waals surface area contributed by atoms with Crippen LogP contribution in [0.4, 0.5) is 5.82 Å². The standard InChI is InChI=1S/C15H24ClN3O/c1-10(2)14-17-13(16)11(3)15(18-14)19(4)7-8-20-9-12-5-6-12/h10,12H,5-9H2,1-4H3.